The van der Waals surface area contributed by atoms with Crippen LogP contribution in [-0.2, 0) is 4.79 Å². The molecule has 1 atom stereocenters. The monoisotopic (exact) mass is 241 g/mol. The second-order valence-corrected chi connectivity index (χ2v) is 5.38. The van der Waals surface area contributed by atoms with Gasteiger partial charge in [0.1, 0.15) is 0 Å². The first-order valence-corrected chi connectivity index (χ1v) is 6.79. The maximum atomic E-state index is 11.5. The SMILES string of the molecule is CC(C)NC(=O)CCN(C)CC1CCCCN1. The Bertz CT molecular complexity index is 225. The third-order valence-electron chi connectivity index (χ3n) is 3.11. The zero-order valence-electron chi connectivity index (χ0n) is 11.5. The molecule has 0 aliphatic carbocycles. The Morgan fingerprint density at radius 3 is 2.82 bits per heavy atom. The van der Waals surface area contributed by atoms with E-state index in [4.69, 9.17) is 0 Å². The molecule has 0 aromatic carbocycles. The lowest BCUT2D eigenvalue weighted by molar-refractivity contribution is -0.121. The van der Waals surface area contributed by atoms with Crippen molar-refractivity contribution in [3.05, 3.63) is 0 Å². The van der Waals surface area contributed by atoms with Gasteiger partial charge in [0.25, 0.3) is 0 Å². The molecular weight excluding hydrogens is 214 g/mol. The average molecular weight is 241 g/mol. The number of hydrogen-bond donors (Lipinski definition) is 2. The van der Waals surface area contributed by atoms with E-state index in [0.29, 0.717) is 12.5 Å². The molecule has 2 N–H and O–H groups in total. The van der Waals surface area contributed by atoms with Gasteiger partial charge in [0, 0.05) is 31.6 Å². The highest BCUT2D eigenvalue weighted by Gasteiger charge is 2.14. The minimum atomic E-state index is 0.156. The molecule has 0 bridgehead atoms. The standard InChI is InChI=1S/C13H27N3O/c1-11(2)15-13(17)7-9-16(3)10-12-6-4-5-8-14-12/h11-12,14H,4-10H2,1-3H3,(H,15,17). The molecule has 1 rings (SSSR count). The topological polar surface area (TPSA) is 44.4 Å². The summed E-state index contributed by atoms with van der Waals surface area (Å²) in [7, 11) is 2.10. The first kappa shape index (κ1) is 14.5. The lowest BCUT2D eigenvalue weighted by Crippen LogP contribution is -2.43. The largest absolute Gasteiger partial charge is 0.354 e. The fourth-order valence-electron chi connectivity index (χ4n) is 2.23. The molecule has 1 aliphatic heterocycles. The molecule has 1 fully saturated rings. The van der Waals surface area contributed by atoms with Gasteiger partial charge in [-0.3, -0.25) is 4.79 Å². The predicted molar refractivity (Wildman–Crippen MR) is 71.0 cm³/mol. The molecule has 1 amide bonds. The fraction of sp³-hybridized carbons (Fsp3) is 0.923. The van der Waals surface area contributed by atoms with Gasteiger partial charge in [-0.1, -0.05) is 6.42 Å². The summed E-state index contributed by atoms with van der Waals surface area (Å²) in [6.07, 6.45) is 4.50. The van der Waals surface area contributed by atoms with Crippen LogP contribution in [0.4, 0.5) is 0 Å². The Morgan fingerprint density at radius 1 is 1.47 bits per heavy atom. The van der Waals surface area contributed by atoms with Gasteiger partial charge in [-0.05, 0) is 40.3 Å². The highest BCUT2D eigenvalue weighted by molar-refractivity contribution is 5.76. The van der Waals surface area contributed by atoms with E-state index in [1.807, 2.05) is 13.8 Å². The van der Waals surface area contributed by atoms with Crippen molar-refractivity contribution in [2.24, 2.45) is 0 Å². The van der Waals surface area contributed by atoms with E-state index in [-0.39, 0.29) is 11.9 Å². The number of hydrogen-bond acceptors (Lipinski definition) is 3. The van der Waals surface area contributed by atoms with Crippen LogP contribution in [0.5, 0.6) is 0 Å². The third-order valence-corrected chi connectivity index (χ3v) is 3.11. The van der Waals surface area contributed by atoms with E-state index >= 15 is 0 Å². The summed E-state index contributed by atoms with van der Waals surface area (Å²) in [4.78, 5) is 13.7. The number of carbonyl (C=O) groups is 1. The second kappa shape index (κ2) is 7.67. The van der Waals surface area contributed by atoms with Crippen molar-refractivity contribution in [3.63, 3.8) is 0 Å². The number of piperidine rings is 1. The smallest absolute Gasteiger partial charge is 0.221 e. The summed E-state index contributed by atoms with van der Waals surface area (Å²) in [6, 6.07) is 0.856. The van der Waals surface area contributed by atoms with E-state index in [9.17, 15) is 4.79 Å². The van der Waals surface area contributed by atoms with E-state index < -0.39 is 0 Å². The van der Waals surface area contributed by atoms with Crippen LogP contribution < -0.4 is 10.6 Å². The molecule has 0 radical (unpaired) electrons. The van der Waals surface area contributed by atoms with Crippen molar-refractivity contribution in [1.29, 1.82) is 0 Å². The van der Waals surface area contributed by atoms with E-state index in [2.05, 4.69) is 22.6 Å². The van der Waals surface area contributed by atoms with Gasteiger partial charge in [-0.15, -0.1) is 0 Å². The van der Waals surface area contributed by atoms with Gasteiger partial charge in [-0.2, -0.15) is 0 Å². The minimum Gasteiger partial charge on any atom is -0.354 e. The number of nitrogens with one attached hydrogen (secondary N) is 2. The van der Waals surface area contributed by atoms with Gasteiger partial charge in [0.2, 0.25) is 5.91 Å². The summed E-state index contributed by atoms with van der Waals surface area (Å²) >= 11 is 0. The van der Waals surface area contributed by atoms with Crippen LogP contribution in [0.3, 0.4) is 0 Å². The first-order chi connectivity index (χ1) is 8.08. The lowest BCUT2D eigenvalue weighted by atomic mass is 10.0. The van der Waals surface area contributed by atoms with Gasteiger partial charge in [0.15, 0.2) is 0 Å². The summed E-state index contributed by atoms with van der Waals surface area (Å²) in [6.45, 7) is 7.03. The van der Waals surface area contributed by atoms with Crippen molar-refractivity contribution >= 4 is 5.91 Å². The Morgan fingerprint density at radius 2 is 2.24 bits per heavy atom. The van der Waals surface area contributed by atoms with Crippen molar-refractivity contribution in [3.8, 4) is 0 Å². The van der Waals surface area contributed by atoms with Crippen LogP contribution in [0, 0.1) is 0 Å². The molecule has 1 unspecified atom stereocenters. The van der Waals surface area contributed by atoms with Crippen LogP contribution in [0.1, 0.15) is 39.5 Å². The Labute approximate surface area is 105 Å². The Balaban J connectivity index is 2.11. The predicted octanol–water partition coefficient (Wildman–Crippen LogP) is 0.975. The number of rotatable bonds is 6. The number of likely N-dealkylation sites (N-methyl/N-ethyl adjacent to an activating group) is 1. The van der Waals surface area contributed by atoms with Crippen molar-refractivity contribution in [2.45, 2.75) is 51.6 Å². The Hall–Kier alpha value is -0.610. The number of amides is 1. The maximum Gasteiger partial charge on any atom is 0.221 e. The van der Waals surface area contributed by atoms with Gasteiger partial charge < -0.3 is 15.5 Å². The van der Waals surface area contributed by atoms with Crippen LogP contribution in [-0.4, -0.2) is 49.6 Å². The summed E-state index contributed by atoms with van der Waals surface area (Å²) in [5.74, 6) is 0.156. The van der Waals surface area contributed by atoms with E-state index in [1.54, 1.807) is 0 Å². The van der Waals surface area contributed by atoms with E-state index in [0.717, 1.165) is 19.6 Å². The highest BCUT2D eigenvalue weighted by atomic mass is 16.1. The van der Waals surface area contributed by atoms with Crippen LogP contribution in [0.15, 0.2) is 0 Å². The number of nitrogens with zero attached hydrogens (tertiary/aromatic N) is 1. The third kappa shape index (κ3) is 6.64. The molecule has 1 heterocycles. The zero-order chi connectivity index (χ0) is 12.7. The molecule has 100 valence electrons. The summed E-state index contributed by atoms with van der Waals surface area (Å²) in [5.41, 5.74) is 0. The van der Waals surface area contributed by atoms with Crippen LogP contribution >= 0.6 is 0 Å². The fourth-order valence-corrected chi connectivity index (χ4v) is 2.23. The molecule has 0 saturated carbocycles. The molecule has 1 aliphatic rings. The van der Waals surface area contributed by atoms with Crippen LogP contribution in [0.25, 0.3) is 0 Å². The first-order valence-electron chi connectivity index (χ1n) is 6.79. The van der Waals surface area contributed by atoms with E-state index in [1.165, 1.54) is 19.3 Å². The van der Waals surface area contributed by atoms with Gasteiger partial charge >= 0.3 is 0 Å². The zero-order valence-corrected chi connectivity index (χ0v) is 11.5. The molecule has 4 heteroatoms. The molecular formula is C13H27N3O. The van der Waals surface area contributed by atoms with Crippen molar-refractivity contribution < 1.29 is 4.79 Å². The van der Waals surface area contributed by atoms with Crippen molar-refractivity contribution in [1.82, 2.24) is 15.5 Å². The van der Waals surface area contributed by atoms with Gasteiger partial charge in [-0.25, -0.2) is 0 Å². The molecule has 0 aromatic heterocycles. The lowest BCUT2D eigenvalue weighted by Gasteiger charge is -2.28. The maximum absolute atomic E-state index is 11.5. The molecule has 0 aromatic rings. The normalized spacial score (nSPS) is 20.9. The number of carbonyl (C=O) groups excluding carboxylic acids is 1. The van der Waals surface area contributed by atoms with Crippen LogP contribution in [0.2, 0.25) is 0 Å². The second-order valence-electron chi connectivity index (χ2n) is 5.38. The average Bonchev–Trinajstić information content (AvgIpc) is 2.27. The summed E-state index contributed by atoms with van der Waals surface area (Å²) < 4.78 is 0. The minimum absolute atomic E-state index is 0.156. The molecule has 0 spiro atoms. The van der Waals surface area contributed by atoms with Gasteiger partial charge in [0.05, 0.1) is 0 Å². The Kier molecular flexibility index (Phi) is 6.52. The molecule has 1 saturated heterocycles. The van der Waals surface area contributed by atoms with Crippen molar-refractivity contribution in [2.75, 3.05) is 26.7 Å². The quantitative estimate of drug-likeness (QED) is 0.728. The summed E-state index contributed by atoms with van der Waals surface area (Å²) in [5, 5.41) is 6.45. The molecule has 17 heavy (non-hydrogen) atoms. The highest BCUT2D eigenvalue weighted by Crippen LogP contribution is 2.07. The molecule has 4 nitrogen and oxygen atoms in total.